The largest absolute Gasteiger partial charge is 0.396 e. The Hall–Kier alpha value is -1.57. The van der Waals surface area contributed by atoms with Crippen molar-refractivity contribution in [2.45, 2.75) is 51.0 Å². The molecule has 3 aromatic rings. The Morgan fingerprint density at radius 1 is 1.18 bits per heavy atom. The molecular formula is C25H26I2N4O3. The minimum atomic E-state index is -0.950. The van der Waals surface area contributed by atoms with Gasteiger partial charge in [-0.1, -0.05) is 24.3 Å². The average molecular weight is 684 g/mol. The van der Waals surface area contributed by atoms with E-state index in [9.17, 15) is 4.79 Å². The van der Waals surface area contributed by atoms with Crippen molar-refractivity contribution in [1.82, 2.24) is 15.0 Å². The van der Waals surface area contributed by atoms with Crippen LogP contribution in [0.2, 0.25) is 0 Å². The summed E-state index contributed by atoms with van der Waals surface area (Å²) < 4.78 is 10.7. The fraction of sp³-hybridized carbons (Fsp3) is 0.400. The molecule has 34 heavy (non-hydrogen) atoms. The number of nitrogens with zero attached hydrogens (tertiary/aromatic N) is 4. The zero-order valence-electron chi connectivity index (χ0n) is 18.8. The number of aliphatic hydroxyl groups excluding tert-OH is 1. The van der Waals surface area contributed by atoms with Crippen molar-refractivity contribution in [2.24, 2.45) is 5.92 Å². The van der Waals surface area contributed by atoms with Crippen LogP contribution < -0.4 is 4.90 Å². The molecule has 1 spiro atoms. The molecule has 0 unspecified atom stereocenters. The molecule has 2 aliphatic rings. The molecule has 1 aromatic heterocycles. The molecule has 3 heterocycles. The first-order chi connectivity index (χ1) is 16.4. The molecule has 0 aliphatic carbocycles. The van der Waals surface area contributed by atoms with E-state index in [4.69, 9.17) is 9.84 Å². The number of carbonyl (C=O) groups is 1. The van der Waals surface area contributed by atoms with Gasteiger partial charge in [-0.15, -0.1) is 5.10 Å². The maximum atomic E-state index is 14.0. The van der Waals surface area contributed by atoms with Crippen LogP contribution in [0, 0.1) is 13.1 Å². The first kappa shape index (κ1) is 24.1. The van der Waals surface area contributed by atoms with Crippen molar-refractivity contribution in [1.29, 1.82) is 0 Å². The van der Waals surface area contributed by atoms with E-state index in [1.54, 1.807) is 4.68 Å². The van der Waals surface area contributed by atoms with Gasteiger partial charge in [-0.3, -0.25) is 9.48 Å². The summed E-state index contributed by atoms with van der Waals surface area (Å²) in [6.45, 7) is 3.37. The van der Waals surface area contributed by atoms with Gasteiger partial charge in [0.25, 0.3) is 5.91 Å². The van der Waals surface area contributed by atoms with E-state index >= 15 is 0 Å². The topological polar surface area (TPSA) is 80.5 Å². The third-order valence-electron chi connectivity index (χ3n) is 6.76. The lowest BCUT2D eigenvalue weighted by molar-refractivity contribution is -0.146. The van der Waals surface area contributed by atoms with E-state index in [0.29, 0.717) is 19.5 Å². The average Bonchev–Trinajstić information content (AvgIpc) is 3.47. The van der Waals surface area contributed by atoms with Crippen molar-refractivity contribution in [3.05, 3.63) is 72.6 Å². The van der Waals surface area contributed by atoms with Crippen LogP contribution in [0.15, 0.2) is 48.7 Å². The molecule has 1 amide bonds. The molecule has 1 fully saturated rings. The second-order valence-corrected chi connectivity index (χ2v) is 11.5. The molecule has 1 saturated heterocycles. The zero-order valence-corrected chi connectivity index (χ0v) is 23.1. The van der Waals surface area contributed by atoms with Crippen LogP contribution in [0.5, 0.6) is 0 Å². The van der Waals surface area contributed by atoms with E-state index in [2.05, 4.69) is 105 Å². The lowest BCUT2D eigenvalue weighted by Crippen LogP contribution is -2.43. The Balaban J connectivity index is 1.39. The van der Waals surface area contributed by atoms with Gasteiger partial charge in [0.2, 0.25) is 0 Å². The summed E-state index contributed by atoms with van der Waals surface area (Å²) in [5, 5.41) is 17.3. The number of carbonyl (C=O) groups excluding carboxylic acids is 1. The highest BCUT2D eigenvalue weighted by atomic mass is 127. The van der Waals surface area contributed by atoms with E-state index in [1.165, 1.54) is 3.57 Å². The van der Waals surface area contributed by atoms with Crippen molar-refractivity contribution >= 4 is 56.8 Å². The summed E-state index contributed by atoms with van der Waals surface area (Å²) in [4.78, 5) is 15.9. The minimum absolute atomic E-state index is 0.0315. The molecule has 0 bridgehead atoms. The molecular weight excluding hydrogens is 658 g/mol. The highest BCUT2D eigenvalue weighted by molar-refractivity contribution is 14.1. The van der Waals surface area contributed by atoms with Crippen LogP contribution in [0.1, 0.15) is 36.6 Å². The molecule has 5 rings (SSSR count). The monoisotopic (exact) mass is 684 g/mol. The van der Waals surface area contributed by atoms with Gasteiger partial charge in [0, 0.05) is 44.4 Å². The number of halogens is 2. The predicted octanol–water partition coefficient (Wildman–Crippen LogP) is 4.28. The predicted molar refractivity (Wildman–Crippen MR) is 145 cm³/mol. The van der Waals surface area contributed by atoms with Gasteiger partial charge < -0.3 is 14.7 Å². The standard InChI is InChI=1S/C25H26I2N4O3/c1-16-12-21(8-10-30-15-20(9-11-32)28-29-30)34-25(16)22-13-19(27)6-7-23(22)31(24(25)33)14-17-2-4-18(26)5-3-17/h2-7,13,15-16,21,32H,8-12,14H2,1H3/t16-,21+,25+/m0/s1. The fourth-order valence-corrected chi connectivity index (χ4v) is 5.95. The summed E-state index contributed by atoms with van der Waals surface area (Å²) in [5.41, 5.74) is 2.86. The first-order valence-corrected chi connectivity index (χ1v) is 13.6. The van der Waals surface area contributed by atoms with Gasteiger partial charge >= 0.3 is 0 Å². The van der Waals surface area contributed by atoms with Gasteiger partial charge in [0.1, 0.15) is 0 Å². The Kier molecular flexibility index (Phi) is 6.97. The minimum Gasteiger partial charge on any atom is -0.396 e. The highest BCUT2D eigenvalue weighted by Gasteiger charge is 2.60. The summed E-state index contributed by atoms with van der Waals surface area (Å²) in [5.74, 6) is 0.0911. The summed E-state index contributed by atoms with van der Waals surface area (Å²) in [6, 6.07) is 14.5. The van der Waals surface area contributed by atoms with Crippen LogP contribution in [0.4, 0.5) is 5.69 Å². The third-order valence-corrected chi connectivity index (χ3v) is 8.15. The van der Waals surface area contributed by atoms with E-state index in [0.717, 1.165) is 38.9 Å². The Labute approximate surface area is 226 Å². The van der Waals surface area contributed by atoms with Crippen molar-refractivity contribution in [2.75, 3.05) is 11.5 Å². The molecule has 0 radical (unpaired) electrons. The van der Waals surface area contributed by atoms with E-state index < -0.39 is 5.60 Å². The maximum Gasteiger partial charge on any atom is 0.264 e. The Morgan fingerprint density at radius 3 is 2.71 bits per heavy atom. The number of aromatic nitrogens is 3. The third kappa shape index (κ3) is 4.40. The van der Waals surface area contributed by atoms with Crippen LogP contribution in [-0.4, -0.2) is 38.7 Å². The lowest BCUT2D eigenvalue weighted by atomic mass is 9.83. The molecule has 1 N–H and O–H groups in total. The normalized spacial score (nSPS) is 23.8. The highest BCUT2D eigenvalue weighted by Crippen LogP contribution is 2.54. The molecule has 3 atom stereocenters. The SMILES string of the molecule is C[C@H]1C[C@@H](CCn2cc(CCO)nn2)O[C@]12C(=O)N(Cc1ccc(I)cc1)c1ccc(I)cc12. The number of hydrogen-bond donors (Lipinski definition) is 1. The van der Waals surface area contributed by atoms with Crippen LogP contribution in [0.3, 0.4) is 0 Å². The lowest BCUT2D eigenvalue weighted by Gasteiger charge is -2.28. The smallest absolute Gasteiger partial charge is 0.264 e. The molecule has 2 aliphatic heterocycles. The molecule has 9 heteroatoms. The zero-order chi connectivity index (χ0) is 23.9. The number of anilines is 1. The van der Waals surface area contributed by atoms with Crippen molar-refractivity contribution in [3.8, 4) is 0 Å². The number of fused-ring (bicyclic) bond motifs is 2. The first-order valence-electron chi connectivity index (χ1n) is 11.4. The second kappa shape index (κ2) is 9.82. The van der Waals surface area contributed by atoms with Gasteiger partial charge in [-0.05, 0) is 93.9 Å². The van der Waals surface area contributed by atoms with Crippen LogP contribution in [-0.2, 0) is 34.6 Å². The number of rotatable bonds is 7. The summed E-state index contributed by atoms with van der Waals surface area (Å²) in [7, 11) is 0. The number of aliphatic hydroxyl groups is 1. The second-order valence-electron chi connectivity index (χ2n) is 9.03. The van der Waals surface area contributed by atoms with E-state index in [1.807, 2.05) is 11.1 Å². The summed E-state index contributed by atoms with van der Waals surface area (Å²) in [6.07, 6.45) is 3.88. The molecule has 2 aromatic carbocycles. The fourth-order valence-electron chi connectivity index (χ4n) is 5.10. The van der Waals surface area contributed by atoms with Gasteiger partial charge in [0.15, 0.2) is 5.60 Å². The molecule has 7 nitrogen and oxygen atoms in total. The van der Waals surface area contributed by atoms with Crippen LogP contribution in [0.25, 0.3) is 0 Å². The van der Waals surface area contributed by atoms with Gasteiger partial charge in [-0.2, -0.15) is 0 Å². The molecule has 0 saturated carbocycles. The van der Waals surface area contributed by atoms with Gasteiger partial charge in [0.05, 0.1) is 24.0 Å². The van der Waals surface area contributed by atoms with Crippen molar-refractivity contribution in [3.63, 3.8) is 0 Å². The Bertz CT molecular complexity index is 1200. The number of ether oxygens (including phenoxy) is 1. The number of hydrogen-bond acceptors (Lipinski definition) is 5. The summed E-state index contributed by atoms with van der Waals surface area (Å²) >= 11 is 4.60. The quantitative estimate of drug-likeness (QED) is 0.377. The number of amides is 1. The van der Waals surface area contributed by atoms with E-state index in [-0.39, 0.29) is 24.5 Å². The van der Waals surface area contributed by atoms with Gasteiger partial charge in [-0.25, -0.2) is 0 Å². The number of aryl methyl sites for hydroxylation is 1. The molecule has 178 valence electrons. The Morgan fingerprint density at radius 2 is 1.94 bits per heavy atom. The number of benzene rings is 2. The van der Waals surface area contributed by atoms with Crippen molar-refractivity contribution < 1.29 is 14.6 Å². The maximum absolute atomic E-state index is 14.0. The van der Waals surface area contributed by atoms with Crippen LogP contribution >= 0.6 is 45.2 Å².